The van der Waals surface area contributed by atoms with E-state index in [1.807, 2.05) is 0 Å². The van der Waals surface area contributed by atoms with Crippen molar-refractivity contribution in [3.63, 3.8) is 0 Å². The van der Waals surface area contributed by atoms with E-state index >= 15 is 0 Å². The number of carboxylic acids is 1. The minimum absolute atomic E-state index is 0.144. The van der Waals surface area contributed by atoms with Crippen LogP contribution in [0.1, 0.15) is 45.6 Å². The molecular weight excluding hydrogens is 267 g/mol. The fourth-order valence-electron chi connectivity index (χ4n) is 3.52. The summed E-state index contributed by atoms with van der Waals surface area (Å²) in [6.07, 6.45) is 3.41. The van der Waals surface area contributed by atoms with Gasteiger partial charge in [-0.3, -0.25) is 4.79 Å². The van der Waals surface area contributed by atoms with Crippen molar-refractivity contribution in [2.24, 2.45) is 23.2 Å². The van der Waals surface area contributed by atoms with Gasteiger partial charge in [0.2, 0.25) is 0 Å². The van der Waals surface area contributed by atoms with Crippen LogP contribution in [0.4, 0.5) is 4.39 Å². The number of aliphatic carboxylic acids is 1. The fourth-order valence-corrected chi connectivity index (χ4v) is 3.52. The zero-order valence-electron chi connectivity index (χ0n) is 13.1. The van der Waals surface area contributed by atoms with Crippen LogP contribution < -0.4 is 0 Å². The summed E-state index contributed by atoms with van der Waals surface area (Å²) in [5.41, 5.74) is 1.24. The highest BCUT2D eigenvalue weighted by Gasteiger charge is 2.38. The Hall–Kier alpha value is -1.38. The molecule has 0 radical (unpaired) electrons. The van der Waals surface area contributed by atoms with Crippen LogP contribution in [0.3, 0.4) is 0 Å². The zero-order valence-corrected chi connectivity index (χ0v) is 13.1. The van der Waals surface area contributed by atoms with Crippen molar-refractivity contribution < 1.29 is 14.3 Å². The van der Waals surface area contributed by atoms with Gasteiger partial charge in [-0.15, -0.1) is 0 Å². The van der Waals surface area contributed by atoms with Gasteiger partial charge in [0.1, 0.15) is 5.82 Å². The minimum Gasteiger partial charge on any atom is -0.481 e. The molecule has 0 heterocycles. The summed E-state index contributed by atoms with van der Waals surface area (Å²) < 4.78 is 13.0. The molecule has 3 unspecified atom stereocenters. The lowest BCUT2D eigenvalue weighted by Gasteiger charge is -2.40. The second-order valence-corrected chi connectivity index (χ2v) is 7.41. The normalized spacial score (nSPS) is 26.6. The van der Waals surface area contributed by atoms with Crippen LogP contribution in [0.25, 0.3) is 0 Å². The van der Waals surface area contributed by atoms with E-state index in [-0.39, 0.29) is 23.1 Å². The average molecular weight is 292 g/mol. The van der Waals surface area contributed by atoms with E-state index in [1.54, 1.807) is 12.1 Å². The maximum atomic E-state index is 13.0. The summed E-state index contributed by atoms with van der Waals surface area (Å²) in [7, 11) is 0. The van der Waals surface area contributed by atoms with Crippen molar-refractivity contribution >= 4 is 5.97 Å². The monoisotopic (exact) mass is 292 g/mol. The van der Waals surface area contributed by atoms with Gasteiger partial charge in [-0.05, 0) is 60.6 Å². The number of benzene rings is 1. The number of carboxylic acid groups (broad SMARTS) is 1. The van der Waals surface area contributed by atoms with Crippen molar-refractivity contribution in [1.82, 2.24) is 0 Å². The van der Waals surface area contributed by atoms with Gasteiger partial charge in [-0.2, -0.15) is 0 Å². The molecule has 3 heteroatoms. The Kier molecular flexibility index (Phi) is 4.70. The maximum Gasteiger partial charge on any atom is 0.306 e. The Morgan fingerprint density at radius 1 is 1.24 bits per heavy atom. The zero-order chi connectivity index (χ0) is 15.6. The van der Waals surface area contributed by atoms with Crippen molar-refractivity contribution in [3.8, 4) is 0 Å². The largest absolute Gasteiger partial charge is 0.481 e. The van der Waals surface area contributed by atoms with Gasteiger partial charge >= 0.3 is 5.97 Å². The lowest BCUT2D eigenvalue weighted by molar-refractivity contribution is -0.146. The summed E-state index contributed by atoms with van der Waals surface area (Å²) in [5.74, 6) is -0.502. The van der Waals surface area contributed by atoms with Gasteiger partial charge in [-0.25, -0.2) is 4.39 Å². The van der Waals surface area contributed by atoms with E-state index in [2.05, 4.69) is 20.8 Å². The number of carbonyl (C=O) groups is 1. The molecule has 0 bridgehead atoms. The van der Waals surface area contributed by atoms with Crippen LogP contribution in [0.15, 0.2) is 24.3 Å². The van der Waals surface area contributed by atoms with E-state index in [1.165, 1.54) is 12.1 Å². The van der Waals surface area contributed by atoms with E-state index < -0.39 is 5.97 Å². The summed E-state index contributed by atoms with van der Waals surface area (Å²) in [6.45, 7) is 6.69. The lowest BCUT2D eigenvalue weighted by Crippen LogP contribution is -2.36. The van der Waals surface area contributed by atoms with Crippen molar-refractivity contribution in [3.05, 3.63) is 35.6 Å². The molecule has 0 saturated heterocycles. The molecule has 2 nitrogen and oxygen atoms in total. The van der Waals surface area contributed by atoms with E-state index in [0.717, 1.165) is 31.2 Å². The van der Waals surface area contributed by atoms with Gasteiger partial charge in [0, 0.05) is 0 Å². The van der Waals surface area contributed by atoms with Crippen LogP contribution in [-0.4, -0.2) is 11.1 Å². The Labute approximate surface area is 126 Å². The molecule has 3 atom stereocenters. The molecule has 1 aromatic carbocycles. The maximum absolute atomic E-state index is 13.0. The Balaban J connectivity index is 2.14. The first-order valence-corrected chi connectivity index (χ1v) is 7.74. The third-order valence-corrected chi connectivity index (χ3v) is 4.94. The van der Waals surface area contributed by atoms with Crippen molar-refractivity contribution in [1.29, 1.82) is 0 Å². The molecule has 1 fully saturated rings. The first kappa shape index (κ1) is 16.0. The van der Waals surface area contributed by atoms with E-state index in [0.29, 0.717) is 5.92 Å². The highest BCUT2D eigenvalue weighted by atomic mass is 19.1. The summed E-state index contributed by atoms with van der Waals surface area (Å²) in [6, 6.07) is 6.45. The van der Waals surface area contributed by atoms with E-state index in [4.69, 9.17) is 0 Å². The van der Waals surface area contributed by atoms with Crippen LogP contribution in [-0.2, 0) is 11.2 Å². The molecule has 0 aliphatic heterocycles. The Morgan fingerprint density at radius 2 is 1.86 bits per heavy atom. The number of hydrogen-bond donors (Lipinski definition) is 1. The van der Waals surface area contributed by atoms with Crippen LogP contribution >= 0.6 is 0 Å². The van der Waals surface area contributed by atoms with Crippen LogP contribution in [0.5, 0.6) is 0 Å². The molecule has 116 valence electrons. The number of halogens is 1. The van der Waals surface area contributed by atoms with Gasteiger partial charge in [0.05, 0.1) is 5.92 Å². The average Bonchev–Trinajstić information content (AvgIpc) is 2.40. The Bertz CT molecular complexity index is 487. The van der Waals surface area contributed by atoms with Crippen molar-refractivity contribution in [2.75, 3.05) is 0 Å². The number of rotatable bonds is 3. The molecule has 0 aromatic heterocycles. The second kappa shape index (κ2) is 6.17. The predicted octanol–water partition coefficient (Wildman–Crippen LogP) is 4.53. The molecule has 1 aliphatic carbocycles. The number of hydrogen-bond acceptors (Lipinski definition) is 1. The molecule has 21 heavy (non-hydrogen) atoms. The van der Waals surface area contributed by atoms with Crippen LogP contribution in [0, 0.1) is 29.0 Å². The molecule has 1 aromatic rings. The minimum atomic E-state index is -0.686. The molecule has 1 N–H and O–H groups in total. The first-order chi connectivity index (χ1) is 9.77. The fraction of sp³-hybridized carbons (Fsp3) is 0.611. The summed E-state index contributed by atoms with van der Waals surface area (Å²) in [4.78, 5) is 11.5. The highest BCUT2D eigenvalue weighted by molar-refractivity contribution is 5.70. The molecule has 0 amide bonds. The molecule has 1 aliphatic rings. The third kappa shape index (κ3) is 4.05. The van der Waals surface area contributed by atoms with Gasteiger partial charge < -0.3 is 5.11 Å². The highest BCUT2D eigenvalue weighted by Crippen LogP contribution is 2.43. The molecule has 2 rings (SSSR count). The van der Waals surface area contributed by atoms with E-state index in [9.17, 15) is 14.3 Å². The predicted molar refractivity (Wildman–Crippen MR) is 81.5 cm³/mol. The smallest absolute Gasteiger partial charge is 0.306 e. The molecular formula is C18H25FO2. The lowest BCUT2D eigenvalue weighted by atomic mass is 9.64. The topological polar surface area (TPSA) is 37.3 Å². The SMILES string of the molecule is CC(C)(C)C1CCC(C(=O)O)C(Cc2ccc(F)cc2)C1. The van der Waals surface area contributed by atoms with Gasteiger partial charge in [0.15, 0.2) is 0 Å². The molecule has 1 saturated carbocycles. The summed E-state index contributed by atoms with van der Waals surface area (Å²) in [5, 5.41) is 9.46. The van der Waals surface area contributed by atoms with Gasteiger partial charge in [-0.1, -0.05) is 32.9 Å². The first-order valence-electron chi connectivity index (χ1n) is 7.74. The molecule has 0 spiro atoms. The third-order valence-electron chi connectivity index (χ3n) is 4.94. The standard InChI is InChI=1S/C18H25FO2/c1-18(2,3)14-6-9-16(17(20)21)13(11-14)10-12-4-7-15(19)8-5-12/h4-5,7-8,13-14,16H,6,9-11H2,1-3H3,(H,20,21). The Morgan fingerprint density at radius 3 is 2.38 bits per heavy atom. The summed E-state index contributed by atoms with van der Waals surface area (Å²) >= 11 is 0. The quantitative estimate of drug-likeness (QED) is 0.888. The van der Waals surface area contributed by atoms with Crippen molar-refractivity contribution in [2.45, 2.75) is 46.5 Å². The van der Waals surface area contributed by atoms with Crippen LogP contribution in [0.2, 0.25) is 0 Å². The second-order valence-electron chi connectivity index (χ2n) is 7.41. The van der Waals surface area contributed by atoms with Gasteiger partial charge in [0.25, 0.3) is 0 Å².